The zero-order chi connectivity index (χ0) is 12.4. The molecular weight excluding hydrogens is 216 g/mol. The first-order chi connectivity index (χ1) is 8.06. The molecule has 0 amide bonds. The van der Waals surface area contributed by atoms with Crippen LogP contribution in [-0.2, 0) is 4.79 Å². The fourth-order valence-electron chi connectivity index (χ4n) is 1.53. The molecule has 0 aliphatic heterocycles. The highest BCUT2D eigenvalue weighted by Crippen LogP contribution is 2.19. The van der Waals surface area contributed by atoms with Crippen molar-refractivity contribution in [3.05, 3.63) is 35.9 Å². The van der Waals surface area contributed by atoms with Crippen LogP contribution in [0.2, 0.25) is 0 Å². The monoisotopic (exact) mass is 228 g/mol. The average Bonchev–Trinajstić information content (AvgIpc) is 2.29. The first kappa shape index (κ1) is 11.3. The highest BCUT2D eigenvalue weighted by Gasteiger charge is 2.18. The van der Waals surface area contributed by atoms with Crippen molar-refractivity contribution in [1.82, 2.24) is 0 Å². The van der Waals surface area contributed by atoms with Crippen LogP contribution in [0.15, 0.2) is 40.9 Å². The highest BCUT2D eigenvalue weighted by molar-refractivity contribution is 6.51. The second-order valence-electron chi connectivity index (χ2n) is 3.92. The smallest absolute Gasteiger partial charge is 0.164 e. The minimum absolute atomic E-state index is 0.0281. The number of hydrogen-bond donors (Lipinski definition) is 2. The van der Waals surface area contributed by atoms with E-state index < -0.39 is 0 Å². The number of phenolic OH excluding ortho intramolecular Hbond substituents is 1. The summed E-state index contributed by atoms with van der Waals surface area (Å²) in [4.78, 5) is 15.6. The van der Waals surface area contributed by atoms with Crippen molar-refractivity contribution in [2.75, 3.05) is 0 Å². The quantitative estimate of drug-likeness (QED) is 0.774. The second kappa shape index (κ2) is 4.33. The van der Waals surface area contributed by atoms with Crippen LogP contribution in [0.1, 0.15) is 13.3 Å². The van der Waals surface area contributed by atoms with Gasteiger partial charge in [-0.15, -0.1) is 0 Å². The molecule has 2 N–H and O–H groups in total. The van der Waals surface area contributed by atoms with E-state index in [-0.39, 0.29) is 23.7 Å². The molecule has 1 aliphatic rings. The minimum Gasteiger partial charge on any atom is -0.508 e. The Morgan fingerprint density at radius 3 is 2.59 bits per heavy atom. The average molecular weight is 228 g/mol. The zero-order valence-electron chi connectivity index (χ0n) is 9.40. The number of carbonyl (C=O) groups is 1. The topological polar surface area (TPSA) is 73.5 Å². The van der Waals surface area contributed by atoms with Gasteiger partial charge in [0, 0.05) is 0 Å². The number of benzene rings is 1. The summed E-state index contributed by atoms with van der Waals surface area (Å²) in [6.45, 7) is 1.72. The lowest BCUT2D eigenvalue weighted by Crippen LogP contribution is -2.22. The predicted molar refractivity (Wildman–Crippen MR) is 66.3 cm³/mol. The van der Waals surface area contributed by atoms with Crippen LogP contribution in [0.25, 0.3) is 0 Å². The number of Topliss-reactive ketones (excluding diaryl/α,β-unsaturated/α-hetero) is 1. The molecule has 0 bridgehead atoms. The lowest BCUT2D eigenvalue weighted by molar-refractivity contribution is -0.114. The van der Waals surface area contributed by atoms with Gasteiger partial charge in [0.05, 0.1) is 23.5 Å². The summed E-state index contributed by atoms with van der Waals surface area (Å²) in [6, 6.07) is 6.39. The SMILES string of the molecule is CC1=CC(=Nc2ccc(O)cc2)C(=N)CC1=O. The Kier molecular flexibility index (Phi) is 2.87. The summed E-state index contributed by atoms with van der Waals surface area (Å²) >= 11 is 0. The number of aromatic hydroxyl groups is 1. The van der Waals surface area contributed by atoms with Crippen LogP contribution in [0.4, 0.5) is 5.69 Å². The number of nitrogens with one attached hydrogen (secondary N) is 1. The maximum Gasteiger partial charge on any atom is 0.164 e. The zero-order valence-corrected chi connectivity index (χ0v) is 9.40. The molecule has 86 valence electrons. The highest BCUT2D eigenvalue weighted by atomic mass is 16.3. The van der Waals surface area contributed by atoms with Gasteiger partial charge in [-0.2, -0.15) is 0 Å². The largest absolute Gasteiger partial charge is 0.508 e. The van der Waals surface area contributed by atoms with Gasteiger partial charge >= 0.3 is 0 Å². The van der Waals surface area contributed by atoms with E-state index in [1.807, 2.05) is 0 Å². The van der Waals surface area contributed by atoms with Gasteiger partial charge in [0.1, 0.15) is 5.75 Å². The molecule has 0 heterocycles. The van der Waals surface area contributed by atoms with Gasteiger partial charge in [-0.3, -0.25) is 4.79 Å². The molecule has 0 unspecified atom stereocenters. The first-order valence-electron chi connectivity index (χ1n) is 5.23. The maximum absolute atomic E-state index is 11.3. The summed E-state index contributed by atoms with van der Waals surface area (Å²) < 4.78 is 0. The molecule has 0 spiro atoms. The Morgan fingerprint density at radius 1 is 1.29 bits per heavy atom. The van der Waals surface area contributed by atoms with Gasteiger partial charge in [-0.25, -0.2) is 4.99 Å². The molecule has 17 heavy (non-hydrogen) atoms. The van der Waals surface area contributed by atoms with Crippen molar-refractivity contribution >= 4 is 22.9 Å². The Labute approximate surface area is 98.8 Å². The lowest BCUT2D eigenvalue weighted by Gasteiger charge is -2.11. The van der Waals surface area contributed by atoms with E-state index in [9.17, 15) is 4.79 Å². The molecular formula is C13H12N2O2. The molecule has 4 heteroatoms. The maximum atomic E-state index is 11.3. The summed E-state index contributed by atoms with van der Waals surface area (Å²) in [7, 11) is 0. The Bertz CT molecular complexity index is 539. The van der Waals surface area contributed by atoms with Gasteiger partial charge in [0.25, 0.3) is 0 Å². The van der Waals surface area contributed by atoms with E-state index in [0.29, 0.717) is 17.0 Å². The van der Waals surface area contributed by atoms with Gasteiger partial charge < -0.3 is 10.5 Å². The van der Waals surface area contributed by atoms with Crippen molar-refractivity contribution in [1.29, 1.82) is 5.41 Å². The first-order valence-corrected chi connectivity index (χ1v) is 5.23. The molecule has 0 aromatic heterocycles. The molecule has 1 aliphatic carbocycles. The van der Waals surface area contributed by atoms with E-state index in [2.05, 4.69) is 4.99 Å². The third kappa shape index (κ3) is 2.47. The van der Waals surface area contributed by atoms with Crippen LogP contribution in [0, 0.1) is 5.41 Å². The van der Waals surface area contributed by atoms with Crippen LogP contribution < -0.4 is 0 Å². The van der Waals surface area contributed by atoms with Crippen LogP contribution in [0.3, 0.4) is 0 Å². The number of hydrogen-bond acceptors (Lipinski definition) is 4. The predicted octanol–water partition coefficient (Wildman–Crippen LogP) is 2.40. The van der Waals surface area contributed by atoms with Crippen molar-refractivity contribution in [3.8, 4) is 5.75 Å². The van der Waals surface area contributed by atoms with Crippen LogP contribution >= 0.6 is 0 Å². The van der Waals surface area contributed by atoms with E-state index in [1.165, 1.54) is 12.1 Å². The van der Waals surface area contributed by atoms with Crippen molar-refractivity contribution in [3.63, 3.8) is 0 Å². The van der Waals surface area contributed by atoms with Gasteiger partial charge in [0.15, 0.2) is 5.78 Å². The van der Waals surface area contributed by atoms with E-state index in [4.69, 9.17) is 10.5 Å². The fourth-order valence-corrected chi connectivity index (χ4v) is 1.53. The van der Waals surface area contributed by atoms with E-state index in [1.54, 1.807) is 25.1 Å². The van der Waals surface area contributed by atoms with Gasteiger partial charge in [0.2, 0.25) is 0 Å². The number of carbonyl (C=O) groups excluding carboxylic acids is 1. The molecule has 1 aromatic carbocycles. The second-order valence-corrected chi connectivity index (χ2v) is 3.92. The number of aliphatic imine (C=N–C) groups is 1. The van der Waals surface area contributed by atoms with Crippen molar-refractivity contribution in [2.45, 2.75) is 13.3 Å². The third-order valence-electron chi connectivity index (χ3n) is 2.54. The summed E-state index contributed by atoms with van der Waals surface area (Å²) in [5.74, 6) is 0.147. The Hall–Kier alpha value is -2.23. The molecule has 4 nitrogen and oxygen atoms in total. The third-order valence-corrected chi connectivity index (χ3v) is 2.54. The Balaban J connectivity index is 2.36. The fraction of sp³-hybridized carbons (Fsp3) is 0.154. The molecule has 0 saturated carbocycles. The summed E-state index contributed by atoms with van der Waals surface area (Å²) in [5.41, 5.74) is 2.01. The van der Waals surface area contributed by atoms with Crippen molar-refractivity contribution in [2.24, 2.45) is 4.99 Å². The summed E-state index contributed by atoms with van der Waals surface area (Å²) in [6.07, 6.45) is 1.74. The van der Waals surface area contributed by atoms with Crippen LogP contribution in [0.5, 0.6) is 5.75 Å². The number of phenols is 1. The molecule has 0 fully saturated rings. The number of ketones is 1. The standard InChI is InChI=1S/C13H12N2O2/c1-8-6-12(11(14)7-13(8)17)15-9-2-4-10(16)5-3-9/h2-6,14,16H,7H2,1H3. The minimum atomic E-state index is -0.0281. The molecule has 0 atom stereocenters. The lowest BCUT2D eigenvalue weighted by atomic mass is 9.96. The molecule has 1 aromatic rings. The number of allylic oxidation sites excluding steroid dienone is 2. The normalized spacial score (nSPS) is 18.4. The number of nitrogens with zero attached hydrogens (tertiary/aromatic N) is 1. The van der Waals surface area contributed by atoms with Gasteiger partial charge in [-0.1, -0.05) is 0 Å². The Morgan fingerprint density at radius 2 is 1.94 bits per heavy atom. The van der Waals surface area contributed by atoms with Gasteiger partial charge in [-0.05, 0) is 42.8 Å². The molecule has 0 saturated heterocycles. The molecule has 0 radical (unpaired) electrons. The molecule has 2 rings (SSSR count). The number of rotatable bonds is 1. The summed E-state index contributed by atoms with van der Waals surface area (Å²) in [5, 5.41) is 16.9. The van der Waals surface area contributed by atoms with E-state index >= 15 is 0 Å². The van der Waals surface area contributed by atoms with Crippen molar-refractivity contribution < 1.29 is 9.90 Å². The van der Waals surface area contributed by atoms with E-state index in [0.717, 1.165) is 0 Å². The van der Waals surface area contributed by atoms with Crippen LogP contribution in [-0.4, -0.2) is 22.3 Å².